The first kappa shape index (κ1) is 33.1. The van der Waals surface area contributed by atoms with Crippen molar-refractivity contribution < 1.29 is 28.4 Å². The number of benzene rings is 1. The number of carbonyl (C=O) groups excluding carboxylic acids is 3. The first-order valence-corrected chi connectivity index (χ1v) is 17.5. The minimum atomic E-state index is -0.710. The third kappa shape index (κ3) is 4.99. The Bertz CT molecular complexity index is 2700. The molecule has 7 rings (SSSR count). The van der Waals surface area contributed by atoms with Crippen molar-refractivity contribution in [3.8, 4) is 17.6 Å². The van der Waals surface area contributed by atoms with Gasteiger partial charge in [0, 0.05) is 26.1 Å². The van der Waals surface area contributed by atoms with E-state index in [1.54, 1.807) is 13.8 Å². The Morgan fingerprint density at radius 2 is 1.54 bits per heavy atom. The number of nitriles is 1. The van der Waals surface area contributed by atoms with Crippen LogP contribution in [0.4, 0.5) is 0 Å². The van der Waals surface area contributed by atoms with Gasteiger partial charge in [-0.1, -0.05) is 47.0 Å². The van der Waals surface area contributed by atoms with Gasteiger partial charge < -0.3 is 9.47 Å². The highest BCUT2D eigenvalue weighted by molar-refractivity contribution is 8.32. The van der Waals surface area contributed by atoms with Crippen molar-refractivity contribution in [2.45, 2.75) is 47.3 Å². The summed E-state index contributed by atoms with van der Waals surface area (Å²) >= 11 is 4.32. The van der Waals surface area contributed by atoms with Crippen LogP contribution in [0.2, 0.25) is 0 Å². The number of esters is 2. The molecule has 0 saturated carbocycles. The smallest absolute Gasteiger partial charge is 0.346 e. The van der Waals surface area contributed by atoms with Gasteiger partial charge >= 0.3 is 23.4 Å². The second kappa shape index (κ2) is 12.2. The van der Waals surface area contributed by atoms with Crippen LogP contribution in [0, 0.1) is 24.8 Å². The highest BCUT2D eigenvalue weighted by Gasteiger charge is 2.42. The van der Waals surface area contributed by atoms with Crippen molar-refractivity contribution in [1.82, 2.24) is 14.4 Å². The molecule has 0 saturated heterocycles. The summed E-state index contributed by atoms with van der Waals surface area (Å²) < 4.78 is 14.4. The molecule has 0 aliphatic carbocycles. The number of ether oxygens (including phenoxy) is 2. The number of pyridine rings is 1. The summed E-state index contributed by atoms with van der Waals surface area (Å²) in [7, 11) is 0. The number of rotatable bonds is 2. The van der Waals surface area contributed by atoms with Crippen molar-refractivity contribution in [2.75, 3.05) is 0 Å². The Morgan fingerprint density at radius 3 is 2.08 bits per heavy atom. The second-order valence-corrected chi connectivity index (χ2v) is 15.3. The highest BCUT2D eigenvalue weighted by atomic mass is 32.2. The zero-order valence-corrected chi connectivity index (χ0v) is 29.2. The molecule has 246 valence electrons. The largest absolute Gasteiger partial charge is 0.424 e. The van der Waals surface area contributed by atoms with Gasteiger partial charge in [0.1, 0.15) is 12.3 Å². The standard InChI is InChI=1S/C32H16N6O8S4/c1-11-15(10-33)27-35-8-6-17(42)38(27)29(43)19(11)32-49-25-21(45-13(3)39)23-24(22(26(25)50-32)46-14(4)40)48-31(47-23)18-12(2)20(34-5)30(44)37-9-7-16(41)36-28(18)37/h6-9H,1-4H3/p+1. The third-order valence-electron chi connectivity index (χ3n) is 7.62. The maximum atomic E-state index is 13.9. The molecule has 0 spiro atoms. The zero-order valence-electron chi connectivity index (χ0n) is 25.9. The Kier molecular flexibility index (Phi) is 8.07. The van der Waals surface area contributed by atoms with Crippen molar-refractivity contribution in [1.29, 1.82) is 5.26 Å². The Morgan fingerprint density at radius 1 is 0.960 bits per heavy atom. The van der Waals surface area contributed by atoms with E-state index in [1.165, 1.54) is 30.8 Å². The molecular formula is C32H17N6O8S4+. The predicted octanol–water partition coefficient (Wildman–Crippen LogP) is 3.16. The number of hydrogen-bond acceptors (Lipinski definition) is 14. The van der Waals surface area contributed by atoms with Gasteiger partial charge in [-0.3, -0.25) is 24.0 Å². The molecule has 3 aromatic heterocycles. The van der Waals surface area contributed by atoms with Gasteiger partial charge in [0.15, 0.2) is 17.1 Å². The van der Waals surface area contributed by atoms with Crippen LogP contribution in [0.1, 0.15) is 42.5 Å². The topological polar surface area (TPSA) is 186 Å². The van der Waals surface area contributed by atoms with Crippen molar-refractivity contribution in [3.05, 3.63) is 105 Å². The number of fused-ring (bicyclic) bond motifs is 4. The SMILES string of the molecule is [C-]#[N+]C1=C(C)C(=C2Sc3c(OC(C)=O)c4c(c(OC(C)=O)c3S2)SC(=c2c(C)c(C#N)c3nccc(=O)n3c2=O)S4)c2[nH]c(=O)cc[n+]2C1=O. The number of nitrogens with one attached hydrogen (secondary N) is 1. The van der Waals surface area contributed by atoms with E-state index < -0.39 is 34.5 Å². The fourth-order valence-corrected chi connectivity index (χ4v) is 11.3. The quantitative estimate of drug-likeness (QED) is 0.137. The number of H-pyrrole nitrogens is 1. The van der Waals surface area contributed by atoms with Crippen molar-refractivity contribution >= 4 is 80.4 Å². The van der Waals surface area contributed by atoms with Gasteiger partial charge in [-0.25, -0.2) is 24.0 Å². The van der Waals surface area contributed by atoms with Gasteiger partial charge in [0.05, 0.1) is 57.0 Å². The van der Waals surface area contributed by atoms with Crippen LogP contribution < -0.4 is 35.9 Å². The molecule has 18 heteroatoms. The number of carbonyl (C=O) groups is 3. The first-order chi connectivity index (χ1) is 23.9. The van der Waals surface area contributed by atoms with Crippen molar-refractivity contribution in [3.63, 3.8) is 0 Å². The Hall–Kier alpha value is -5.40. The van der Waals surface area contributed by atoms with Gasteiger partial charge in [-0.2, -0.15) is 9.83 Å². The molecule has 3 aliphatic heterocycles. The van der Waals surface area contributed by atoms with Gasteiger partial charge in [-0.05, 0) is 25.0 Å². The van der Waals surface area contributed by atoms with E-state index in [4.69, 9.17) is 16.0 Å². The van der Waals surface area contributed by atoms with Crippen LogP contribution in [0.25, 0.3) is 20.3 Å². The number of aromatic amines is 1. The van der Waals surface area contributed by atoms with Gasteiger partial charge in [0.2, 0.25) is 0 Å². The summed E-state index contributed by atoms with van der Waals surface area (Å²) in [5.41, 5.74) is -1.13. The van der Waals surface area contributed by atoms with Crippen molar-refractivity contribution in [2.24, 2.45) is 0 Å². The average molecular weight is 742 g/mol. The number of thioether (sulfide) groups is 4. The molecule has 3 aliphatic rings. The molecule has 0 fully saturated rings. The molecule has 6 heterocycles. The maximum Gasteiger partial charge on any atom is 0.346 e. The van der Waals surface area contributed by atoms with E-state index in [2.05, 4.69) is 14.8 Å². The zero-order chi connectivity index (χ0) is 35.8. The maximum absolute atomic E-state index is 13.9. The third-order valence-corrected chi connectivity index (χ3v) is 12.8. The minimum absolute atomic E-state index is 0.0246. The fourth-order valence-electron chi connectivity index (χ4n) is 5.54. The summed E-state index contributed by atoms with van der Waals surface area (Å²) in [6.07, 6.45) is 2.50. The molecule has 1 aromatic carbocycles. The lowest BCUT2D eigenvalue weighted by atomic mass is 10.0. The molecule has 1 N–H and O–H groups in total. The number of aromatic nitrogens is 4. The van der Waals surface area contributed by atoms with Crippen LogP contribution in [0.15, 0.2) is 74.0 Å². The molecule has 0 bridgehead atoms. The second-order valence-electron chi connectivity index (χ2n) is 10.7. The lowest BCUT2D eigenvalue weighted by Crippen LogP contribution is -2.51. The molecule has 0 unspecified atom stereocenters. The van der Waals surface area contributed by atoms with E-state index in [9.17, 15) is 34.0 Å². The van der Waals surface area contributed by atoms with E-state index in [1.807, 2.05) is 6.07 Å². The summed E-state index contributed by atoms with van der Waals surface area (Å²) in [5.74, 6) is -1.63. The fraction of sp³-hybridized carbons (Fsp3) is 0.125. The van der Waals surface area contributed by atoms with E-state index in [0.29, 0.717) is 39.2 Å². The Labute approximate surface area is 296 Å². The monoisotopic (exact) mass is 741 g/mol. The summed E-state index contributed by atoms with van der Waals surface area (Å²) in [6, 6.07) is 4.31. The Balaban J connectivity index is 1.52. The van der Waals surface area contributed by atoms with Crippen LogP contribution in [-0.4, -0.2) is 32.2 Å². The van der Waals surface area contributed by atoms with Crippen LogP contribution in [0.5, 0.6) is 11.5 Å². The molecule has 0 atom stereocenters. The summed E-state index contributed by atoms with van der Waals surface area (Å²) in [4.78, 5) is 88.9. The minimum Gasteiger partial charge on any atom is -0.424 e. The number of allylic oxidation sites excluding steroid dienone is 3. The molecule has 50 heavy (non-hydrogen) atoms. The van der Waals surface area contributed by atoms with Crippen LogP contribution in [-0.2, 0) is 9.59 Å². The normalized spacial score (nSPS) is 14.7. The van der Waals surface area contributed by atoms with Crippen LogP contribution >= 0.6 is 47.0 Å². The van der Waals surface area contributed by atoms with E-state index >= 15 is 0 Å². The first-order valence-electron chi connectivity index (χ1n) is 14.2. The molecule has 14 nitrogen and oxygen atoms in total. The number of hydrogen-bond donors (Lipinski definition) is 1. The summed E-state index contributed by atoms with van der Waals surface area (Å²) in [6.45, 7) is 13.3. The number of nitrogens with zero attached hydrogens (tertiary/aromatic N) is 5. The molecule has 4 aromatic rings. The molecular weight excluding hydrogens is 725 g/mol. The van der Waals surface area contributed by atoms with Gasteiger partial charge in [0.25, 0.3) is 22.6 Å². The predicted molar refractivity (Wildman–Crippen MR) is 182 cm³/mol. The molecule has 0 amide bonds. The molecule has 0 radical (unpaired) electrons. The van der Waals surface area contributed by atoms with Gasteiger partial charge in [-0.15, -0.1) is 0 Å². The highest BCUT2D eigenvalue weighted by Crippen LogP contribution is 2.69. The lowest BCUT2D eigenvalue weighted by Gasteiger charge is -2.16. The lowest BCUT2D eigenvalue weighted by molar-refractivity contribution is -0.578. The average Bonchev–Trinajstić information content (AvgIpc) is 3.68. The van der Waals surface area contributed by atoms with E-state index in [0.717, 1.165) is 63.6 Å². The van der Waals surface area contributed by atoms with E-state index in [-0.39, 0.29) is 45.0 Å². The summed E-state index contributed by atoms with van der Waals surface area (Å²) in [5, 5.41) is 10.1. The van der Waals surface area contributed by atoms with Crippen LogP contribution in [0.3, 0.4) is 0 Å².